The lowest BCUT2D eigenvalue weighted by Gasteiger charge is -2.06. The van der Waals surface area contributed by atoms with E-state index in [2.05, 4.69) is 6.58 Å². The van der Waals surface area contributed by atoms with E-state index in [1.54, 1.807) is 6.08 Å². The highest BCUT2D eigenvalue weighted by Gasteiger charge is 1.97. The number of hydrogen-bond acceptors (Lipinski definition) is 1. The topological polar surface area (TPSA) is 9.23 Å². The van der Waals surface area contributed by atoms with Crippen molar-refractivity contribution in [2.45, 2.75) is 0 Å². The lowest BCUT2D eigenvalue weighted by molar-refractivity contribution is 0.362. The Morgan fingerprint density at radius 3 is 2.86 bits per heavy atom. The minimum atomic E-state index is 0.510. The molecule has 0 N–H and O–H groups in total. The van der Waals surface area contributed by atoms with Gasteiger partial charge in [0.2, 0.25) is 0 Å². The molecule has 0 heterocycles. The van der Waals surface area contributed by atoms with E-state index in [1.165, 1.54) is 0 Å². The molecule has 1 aromatic rings. The van der Waals surface area contributed by atoms with Crippen molar-refractivity contribution in [3.63, 3.8) is 0 Å². The van der Waals surface area contributed by atoms with Gasteiger partial charge in [0.1, 0.15) is 12.4 Å². The summed E-state index contributed by atoms with van der Waals surface area (Å²) in [6, 6.07) is 7.82. The van der Waals surface area contributed by atoms with Gasteiger partial charge in [-0.2, -0.15) is 0 Å². The fourth-order valence-electron chi connectivity index (χ4n) is 1.07. The van der Waals surface area contributed by atoms with Crippen LogP contribution in [-0.2, 0) is 0 Å². The summed E-state index contributed by atoms with van der Waals surface area (Å²) in [5.41, 5.74) is 1.04. The molecule has 0 atom stereocenters. The van der Waals surface area contributed by atoms with E-state index in [1.807, 2.05) is 36.4 Å². The standard InChI is InChI=1S/C12H13ClO/c1-2-10-14-12-8-4-3-6-11(12)7-5-9-13/h2-8H,1,9-10H2. The van der Waals surface area contributed by atoms with Crippen molar-refractivity contribution < 1.29 is 4.74 Å². The zero-order valence-corrected chi connectivity index (χ0v) is 8.70. The summed E-state index contributed by atoms with van der Waals surface area (Å²) < 4.78 is 5.47. The molecule has 1 aromatic carbocycles. The summed E-state index contributed by atoms with van der Waals surface area (Å²) in [7, 11) is 0. The van der Waals surface area contributed by atoms with E-state index in [-0.39, 0.29) is 0 Å². The van der Waals surface area contributed by atoms with E-state index in [0.717, 1.165) is 11.3 Å². The summed E-state index contributed by atoms with van der Waals surface area (Å²) in [5, 5.41) is 0. The second-order valence-electron chi connectivity index (χ2n) is 2.69. The maximum atomic E-state index is 5.56. The molecule has 0 amide bonds. The smallest absolute Gasteiger partial charge is 0.126 e. The number of ether oxygens (including phenoxy) is 1. The highest BCUT2D eigenvalue weighted by molar-refractivity contribution is 6.19. The Labute approximate surface area is 89.7 Å². The van der Waals surface area contributed by atoms with E-state index < -0.39 is 0 Å². The molecule has 0 aliphatic heterocycles. The molecule has 0 saturated carbocycles. The Hall–Kier alpha value is -1.21. The van der Waals surface area contributed by atoms with Gasteiger partial charge in [-0.25, -0.2) is 0 Å². The number of rotatable bonds is 5. The van der Waals surface area contributed by atoms with Crippen molar-refractivity contribution in [3.8, 4) is 5.75 Å². The highest BCUT2D eigenvalue weighted by atomic mass is 35.5. The maximum absolute atomic E-state index is 5.56. The number of hydrogen-bond donors (Lipinski definition) is 0. The van der Waals surface area contributed by atoms with Crippen LogP contribution in [0.1, 0.15) is 5.56 Å². The molecule has 0 fully saturated rings. The van der Waals surface area contributed by atoms with Gasteiger partial charge in [0.25, 0.3) is 0 Å². The zero-order chi connectivity index (χ0) is 10.2. The van der Waals surface area contributed by atoms with E-state index >= 15 is 0 Å². The summed E-state index contributed by atoms with van der Waals surface area (Å²) in [5.74, 6) is 1.37. The van der Waals surface area contributed by atoms with Crippen LogP contribution in [-0.4, -0.2) is 12.5 Å². The van der Waals surface area contributed by atoms with Crippen LogP contribution in [0.25, 0.3) is 6.08 Å². The maximum Gasteiger partial charge on any atom is 0.126 e. The third-order valence-corrected chi connectivity index (χ3v) is 1.84. The van der Waals surface area contributed by atoms with Gasteiger partial charge >= 0.3 is 0 Å². The molecule has 14 heavy (non-hydrogen) atoms. The molecule has 0 bridgehead atoms. The van der Waals surface area contributed by atoms with Crippen LogP contribution in [0, 0.1) is 0 Å². The van der Waals surface area contributed by atoms with Crippen molar-refractivity contribution in [3.05, 3.63) is 48.6 Å². The first kappa shape index (κ1) is 10.9. The summed E-state index contributed by atoms with van der Waals surface area (Å²) in [6.45, 7) is 4.12. The van der Waals surface area contributed by atoms with Crippen LogP contribution in [0.3, 0.4) is 0 Å². The van der Waals surface area contributed by atoms with Crippen molar-refractivity contribution in [1.29, 1.82) is 0 Å². The molecule has 0 aromatic heterocycles. The first-order valence-electron chi connectivity index (χ1n) is 4.43. The third kappa shape index (κ3) is 3.27. The highest BCUT2D eigenvalue weighted by Crippen LogP contribution is 2.19. The van der Waals surface area contributed by atoms with E-state index in [0.29, 0.717) is 12.5 Å². The molecule has 1 rings (SSSR count). The quantitative estimate of drug-likeness (QED) is 0.532. The Morgan fingerprint density at radius 2 is 2.14 bits per heavy atom. The van der Waals surface area contributed by atoms with Crippen LogP contribution in [0.15, 0.2) is 43.0 Å². The molecule has 1 nitrogen and oxygen atoms in total. The molecule has 2 heteroatoms. The summed E-state index contributed by atoms with van der Waals surface area (Å²) >= 11 is 5.56. The fraction of sp³-hybridized carbons (Fsp3) is 0.167. The van der Waals surface area contributed by atoms with Gasteiger partial charge in [0.15, 0.2) is 0 Å². The molecular formula is C12H13ClO. The summed E-state index contributed by atoms with van der Waals surface area (Å²) in [6.07, 6.45) is 5.56. The number of alkyl halides is 1. The van der Waals surface area contributed by atoms with Crippen LogP contribution in [0.2, 0.25) is 0 Å². The summed E-state index contributed by atoms with van der Waals surface area (Å²) in [4.78, 5) is 0. The molecule has 0 saturated heterocycles. The van der Waals surface area contributed by atoms with Crippen LogP contribution in [0.5, 0.6) is 5.75 Å². The SMILES string of the molecule is C=CCOc1ccccc1C=CCCl. The first-order valence-corrected chi connectivity index (χ1v) is 4.97. The first-order chi connectivity index (χ1) is 6.88. The Balaban J connectivity index is 2.79. The second-order valence-corrected chi connectivity index (χ2v) is 3.00. The van der Waals surface area contributed by atoms with E-state index in [9.17, 15) is 0 Å². The Morgan fingerprint density at radius 1 is 1.36 bits per heavy atom. The average Bonchev–Trinajstić information content (AvgIpc) is 2.24. The monoisotopic (exact) mass is 208 g/mol. The normalized spacial score (nSPS) is 10.4. The second kappa shape index (κ2) is 6.28. The fourth-order valence-corrected chi connectivity index (χ4v) is 1.16. The molecule has 0 spiro atoms. The molecule has 74 valence electrons. The van der Waals surface area contributed by atoms with Gasteiger partial charge in [-0.15, -0.1) is 11.6 Å². The lowest BCUT2D eigenvalue weighted by atomic mass is 10.2. The molecule has 0 radical (unpaired) electrons. The van der Waals surface area contributed by atoms with Crippen LogP contribution in [0.4, 0.5) is 0 Å². The average molecular weight is 209 g/mol. The van der Waals surface area contributed by atoms with Gasteiger partial charge in [0.05, 0.1) is 0 Å². The number of para-hydroxylation sites is 1. The zero-order valence-electron chi connectivity index (χ0n) is 7.95. The predicted octanol–water partition coefficient (Wildman–Crippen LogP) is 3.50. The molecule has 0 aliphatic carbocycles. The Bertz CT molecular complexity index is 318. The molecular weight excluding hydrogens is 196 g/mol. The molecule has 0 aliphatic rings. The number of halogens is 1. The van der Waals surface area contributed by atoms with Gasteiger partial charge in [-0.1, -0.05) is 43.0 Å². The number of benzene rings is 1. The largest absolute Gasteiger partial charge is 0.489 e. The van der Waals surface area contributed by atoms with Gasteiger partial charge in [0, 0.05) is 11.4 Å². The van der Waals surface area contributed by atoms with Crippen molar-refractivity contribution in [1.82, 2.24) is 0 Å². The van der Waals surface area contributed by atoms with Gasteiger partial charge < -0.3 is 4.74 Å². The number of allylic oxidation sites excluding steroid dienone is 1. The lowest BCUT2D eigenvalue weighted by Crippen LogP contribution is -1.94. The predicted molar refractivity (Wildman–Crippen MR) is 61.9 cm³/mol. The Kier molecular flexibility index (Phi) is 4.87. The van der Waals surface area contributed by atoms with Crippen molar-refractivity contribution in [2.75, 3.05) is 12.5 Å². The van der Waals surface area contributed by atoms with E-state index in [4.69, 9.17) is 16.3 Å². The van der Waals surface area contributed by atoms with Crippen LogP contribution >= 0.6 is 11.6 Å². The molecule has 0 unspecified atom stereocenters. The minimum Gasteiger partial charge on any atom is -0.489 e. The minimum absolute atomic E-state index is 0.510. The van der Waals surface area contributed by atoms with Gasteiger partial charge in [-0.05, 0) is 6.07 Å². The van der Waals surface area contributed by atoms with Gasteiger partial charge in [-0.3, -0.25) is 0 Å². The third-order valence-electron chi connectivity index (χ3n) is 1.66. The van der Waals surface area contributed by atoms with Crippen molar-refractivity contribution in [2.24, 2.45) is 0 Å². The van der Waals surface area contributed by atoms with Crippen molar-refractivity contribution >= 4 is 17.7 Å². The van der Waals surface area contributed by atoms with Crippen LogP contribution < -0.4 is 4.74 Å².